The number of ether oxygens (including phenoxy) is 1. The molecule has 1 heterocycles. The van der Waals surface area contributed by atoms with Crippen molar-refractivity contribution < 1.29 is 19.6 Å². The van der Waals surface area contributed by atoms with Crippen LogP contribution in [-0.2, 0) is 4.74 Å². The maximum Gasteiger partial charge on any atom is 0.311 e. The fourth-order valence-corrected chi connectivity index (χ4v) is 2.36. The summed E-state index contributed by atoms with van der Waals surface area (Å²) in [5.41, 5.74) is -0.291. The zero-order valence-electron chi connectivity index (χ0n) is 11.8. The van der Waals surface area contributed by atoms with E-state index in [9.17, 15) is 20.0 Å². The van der Waals surface area contributed by atoms with Gasteiger partial charge >= 0.3 is 5.69 Å². The van der Waals surface area contributed by atoms with Crippen LogP contribution in [0.2, 0.25) is 0 Å². The Labute approximate surface area is 122 Å². The van der Waals surface area contributed by atoms with E-state index in [-0.39, 0.29) is 17.6 Å². The zero-order chi connectivity index (χ0) is 15.4. The van der Waals surface area contributed by atoms with Crippen molar-refractivity contribution in [3.63, 3.8) is 0 Å². The van der Waals surface area contributed by atoms with Gasteiger partial charge in [0.15, 0.2) is 5.75 Å². The molecule has 1 aliphatic rings. The van der Waals surface area contributed by atoms with E-state index in [0.29, 0.717) is 13.2 Å². The molecular formula is C14H18N2O5. The molecule has 1 saturated heterocycles. The van der Waals surface area contributed by atoms with E-state index in [1.54, 1.807) is 7.05 Å². The van der Waals surface area contributed by atoms with Gasteiger partial charge in [0.25, 0.3) is 5.91 Å². The number of amides is 1. The summed E-state index contributed by atoms with van der Waals surface area (Å²) in [6.07, 6.45) is 3.04. The second-order valence-corrected chi connectivity index (χ2v) is 5.13. The predicted molar refractivity (Wildman–Crippen MR) is 75.3 cm³/mol. The smallest absolute Gasteiger partial charge is 0.311 e. The highest BCUT2D eigenvalue weighted by Gasteiger charge is 2.22. The van der Waals surface area contributed by atoms with Crippen molar-refractivity contribution in [1.82, 2.24) is 4.90 Å². The summed E-state index contributed by atoms with van der Waals surface area (Å²) in [7, 11) is 1.64. The molecule has 2 rings (SSSR count). The molecule has 1 aromatic rings. The molecule has 0 saturated carbocycles. The van der Waals surface area contributed by atoms with Crippen LogP contribution in [0.1, 0.15) is 29.6 Å². The molecule has 0 radical (unpaired) electrons. The topological polar surface area (TPSA) is 92.9 Å². The number of phenolic OH excluding ortho intramolecular Hbond substituents is 1. The third-order valence-corrected chi connectivity index (χ3v) is 3.52. The molecular weight excluding hydrogens is 276 g/mol. The van der Waals surface area contributed by atoms with Crippen molar-refractivity contribution >= 4 is 11.6 Å². The first-order chi connectivity index (χ1) is 9.99. The number of nitro groups is 1. The molecule has 0 aromatic heterocycles. The van der Waals surface area contributed by atoms with Gasteiger partial charge in [0.2, 0.25) is 0 Å². The summed E-state index contributed by atoms with van der Waals surface area (Å²) >= 11 is 0. The Morgan fingerprint density at radius 2 is 2.29 bits per heavy atom. The van der Waals surface area contributed by atoms with Crippen LogP contribution in [-0.4, -0.2) is 47.1 Å². The van der Waals surface area contributed by atoms with Gasteiger partial charge in [-0.3, -0.25) is 14.9 Å². The number of hydrogen-bond donors (Lipinski definition) is 1. The van der Waals surface area contributed by atoms with E-state index in [2.05, 4.69) is 0 Å². The first kappa shape index (κ1) is 15.2. The van der Waals surface area contributed by atoms with E-state index < -0.39 is 16.4 Å². The van der Waals surface area contributed by atoms with Crippen LogP contribution in [0.4, 0.5) is 5.69 Å². The van der Waals surface area contributed by atoms with Gasteiger partial charge in [-0.2, -0.15) is 0 Å². The summed E-state index contributed by atoms with van der Waals surface area (Å²) < 4.78 is 5.57. The van der Waals surface area contributed by atoms with E-state index in [1.807, 2.05) is 0 Å². The SMILES string of the molecule is CN(C[C@H]1CCCCO1)C(=O)c1ccc(O)c([N+](=O)[O-])c1. The Bertz CT molecular complexity index is 540. The average molecular weight is 294 g/mol. The number of carbonyl (C=O) groups is 1. The number of nitro benzene ring substituents is 1. The number of nitrogens with zero attached hydrogens (tertiary/aromatic N) is 2. The number of aromatic hydroxyl groups is 1. The van der Waals surface area contributed by atoms with Gasteiger partial charge in [-0.1, -0.05) is 0 Å². The van der Waals surface area contributed by atoms with E-state index in [4.69, 9.17) is 4.74 Å². The molecule has 1 amide bonds. The molecule has 0 bridgehead atoms. The minimum atomic E-state index is -0.712. The normalized spacial score (nSPS) is 18.2. The largest absolute Gasteiger partial charge is 0.502 e. The van der Waals surface area contributed by atoms with Gasteiger partial charge in [0, 0.05) is 31.8 Å². The average Bonchev–Trinajstić information content (AvgIpc) is 2.47. The lowest BCUT2D eigenvalue weighted by atomic mass is 10.1. The van der Waals surface area contributed by atoms with E-state index in [1.165, 1.54) is 11.0 Å². The summed E-state index contributed by atoms with van der Waals surface area (Å²) in [5, 5.41) is 20.2. The van der Waals surface area contributed by atoms with E-state index >= 15 is 0 Å². The zero-order valence-corrected chi connectivity index (χ0v) is 11.8. The van der Waals surface area contributed by atoms with Gasteiger partial charge in [-0.05, 0) is 31.4 Å². The van der Waals surface area contributed by atoms with Gasteiger partial charge in [-0.15, -0.1) is 0 Å². The summed E-state index contributed by atoms with van der Waals surface area (Å²) in [4.78, 5) is 23.8. The van der Waals surface area contributed by atoms with Crippen LogP contribution < -0.4 is 0 Å². The maximum atomic E-state index is 12.3. The van der Waals surface area contributed by atoms with Crippen LogP contribution >= 0.6 is 0 Å². The van der Waals surface area contributed by atoms with Crippen molar-refractivity contribution in [3.05, 3.63) is 33.9 Å². The lowest BCUT2D eigenvalue weighted by Gasteiger charge is -2.27. The number of benzene rings is 1. The Hall–Kier alpha value is -2.15. The van der Waals surface area contributed by atoms with Crippen molar-refractivity contribution in [2.75, 3.05) is 20.2 Å². The molecule has 21 heavy (non-hydrogen) atoms. The quantitative estimate of drug-likeness (QED) is 0.676. The number of likely N-dealkylation sites (N-methyl/N-ethyl adjacent to an activating group) is 1. The summed E-state index contributed by atoms with van der Waals surface area (Å²) in [6.45, 7) is 1.16. The Morgan fingerprint density at radius 3 is 2.90 bits per heavy atom. The second kappa shape index (κ2) is 6.53. The molecule has 1 N–H and O–H groups in total. The number of carbonyl (C=O) groups excluding carboxylic acids is 1. The lowest BCUT2D eigenvalue weighted by molar-refractivity contribution is -0.385. The Morgan fingerprint density at radius 1 is 1.52 bits per heavy atom. The van der Waals surface area contributed by atoms with Crippen LogP contribution in [0, 0.1) is 10.1 Å². The van der Waals surface area contributed by atoms with Crippen molar-refractivity contribution in [1.29, 1.82) is 0 Å². The van der Waals surface area contributed by atoms with Crippen molar-refractivity contribution in [2.45, 2.75) is 25.4 Å². The molecule has 0 spiro atoms. The van der Waals surface area contributed by atoms with Crippen LogP contribution in [0.15, 0.2) is 18.2 Å². The number of rotatable bonds is 4. The predicted octanol–water partition coefficient (Wildman–Crippen LogP) is 1.94. The molecule has 1 fully saturated rings. The van der Waals surface area contributed by atoms with Crippen LogP contribution in [0.3, 0.4) is 0 Å². The standard InChI is InChI=1S/C14H18N2O5/c1-15(9-11-4-2-3-7-21-11)14(18)10-5-6-13(17)12(8-10)16(19)20/h5-6,8,11,17H,2-4,7,9H2,1H3/t11-/m1/s1. The first-order valence-electron chi connectivity index (χ1n) is 6.83. The highest BCUT2D eigenvalue weighted by atomic mass is 16.6. The molecule has 0 unspecified atom stereocenters. The molecule has 1 aliphatic heterocycles. The van der Waals surface area contributed by atoms with Gasteiger partial charge < -0.3 is 14.7 Å². The molecule has 7 heteroatoms. The summed E-state index contributed by atoms with van der Waals surface area (Å²) in [6, 6.07) is 3.63. The van der Waals surface area contributed by atoms with Crippen molar-refractivity contribution in [2.24, 2.45) is 0 Å². The number of phenols is 1. The highest BCUT2D eigenvalue weighted by molar-refractivity contribution is 5.95. The number of hydrogen-bond acceptors (Lipinski definition) is 5. The van der Waals surface area contributed by atoms with E-state index in [0.717, 1.165) is 31.4 Å². The fourth-order valence-electron chi connectivity index (χ4n) is 2.36. The second-order valence-electron chi connectivity index (χ2n) is 5.13. The minimum absolute atomic E-state index is 0.0137. The molecule has 1 atom stereocenters. The van der Waals surface area contributed by atoms with Gasteiger partial charge in [-0.25, -0.2) is 0 Å². The van der Waals surface area contributed by atoms with Crippen LogP contribution in [0.5, 0.6) is 5.75 Å². The minimum Gasteiger partial charge on any atom is -0.502 e. The monoisotopic (exact) mass is 294 g/mol. The van der Waals surface area contributed by atoms with Crippen LogP contribution in [0.25, 0.3) is 0 Å². The molecule has 114 valence electrons. The third-order valence-electron chi connectivity index (χ3n) is 3.52. The fraction of sp³-hybridized carbons (Fsp3) is 0.500. The highest BCUT2D eigenvalue weighted by Crippen LogP contribution is 2.26. The van der Waals surface area contributed by atoms with Gasteiger partial charge in [0.05, 0.1) is 11.0 Å². The summed E-state index contributed by atoms with van der Waals surface area (Å²) in [5.74, 6) is -0.776. The first-order valence-corrected chi connectivity index (χ1v) is 6.83. The molecule has 0 aliphatic carbocycles. The Balaban J connectivity index is 2.08. The maximum absolute atomic E-state index is 12.3. The third kappa shape index (κ3) is 3.69. The Kier molecular flexibility index (Phi) is 4.74. The lowest BCUT2D eigenvalue weighted by Crippen LogP contribution is -2.37. The molecule has 7 nitrogen and oxygen atoms in total. The van der Waals surface area contributed by atoms with Crippen molar-refractivity contribution in [3.8, 4) is 5.75 Å². The molecule has 1 aromatic carbocycles. The van der Waals surface area contributed by atoms with Gasteiger partial charge in [0.1, 0.15) is 0 Å².